The monoisotopic (exact) mass is 433 g/mol. The Bertz CT molecular complexity index is 1150. The Morgan fingerprint density at radius 2 is 1.53 bits per heavy atom. The van der Waals surface area contributed by atoms with Gasteiger partial charge in [-0.1, -0.05) is 42.5 Å². The number of phenolic OH excluding ortho intramolecular Hbond substituents is 1. The predicted octanol–water partition coefficient (Wildman–Crippen LogP) is 3.28. The highest BCUT2D eigenvalue weighted by molar-refractivity contribution is 6.17. The number of anilines is 1. The van der Waals surface area contributed by atoms with Crippen molar-refractivity contribution in [1.29, 1.82) is 0 Å². The van der Waals surface area contributed by atoms with Gasteiger partial charge in [-0.15, -0.1) is 0 Å². The van der Waals surface area contributed by atoms with E-state index in [1.807, 2.05) is 30.3 Å². The second-order valence-corrected chi connectivity index (χ2v) is 7.32. The minimum Gasteiger partial charge on any atom is -0.507 e. The summed E-state index contributed by atoms with van der Waals surface area (Å²) in [5.41, 5.74) is 1.59. The standard InChI is InChI=1S/C25H23NO6/c1-3-31-24(29)20-18-14-13-15-9-5-7-11-17(15)26(18)22(21(20)25(30)32-4-2)23(28)16-10-6-8-12-19(16)27/h5-14,18,22,27H,3-4H2,1-2H3. The molecule has 7 nitrogen and oxygen atoms in total. The van der Waals surface area contributed by atoms with Crippen LogP contribution in [0.3, 0.4) is 0 Å². The van der Waals surface area contributed by atoms with Crippen molar-refractivity contribution in [3.05, 3.63) is 76.9 Å². The lowest BCUT2D eigenvalue weighted by molar-refractivity contribution is -0.141. The molecule has 164 valence electrons. The molecular weight excluding hydrogens is 410 g/mol. The van der Waals surface area contributed by atoms with E-state index in [1.54, 1.807) is 37.0 Å². The molecule has 0 fully saturated rings. The van der Waals surface area contributed by atoms with E-state index in [9.17, 15) is 19.5 Å². The zero-order valence-corrected chi connectivity index (χ0v) is 17.8. The molecule has 2 atom stereocenters. The second-order valence-electron chi connectivity index (χ2n) is 7.32. The van der Waals surface area contributed by atoms with Crippen molar-refractivity contribution in [3.63, 3.8) is 0 Å². The molecule has 0 bridgehead atoms. The summed E-state index contributed by atoms with van der Waals surface area (Å²) in [6, 6.07) is 11.7. The van der Waals surface area contributed by atoms with Crippen LogP contribution in [0.15, 0.2) is 65.8 Å². The third kappa shape index (κ3) is 3.45. The molecule has 0 aliphatic carbocycles. The summed E-state index contributed by atoms with van der Waals surface area (Å²) in [6.07, 6.45) is 3.62. The Balaban J connectivity index is 1.96. The molecule has 0 amide bonds. The minimum absolute atomic E-state index is 0.0511. The van der Waals surface area contributed by atoms with Crippen molar-refractivity contribution >= 4 is 29.5 Å². The lowest BCUT2D eigenvalue weighted by Gasteiger charge is -2.35. The van der Waals surface area contributed by atoms with E-state index in [-0.39, 0.29) is 35.7 Å². The maximum atomic E-state index is 13.8. The van der Waals surface area contributed by atoms with Crippen molar-refractivity contribution in [1.82, 2.24) is 0 Å². The second kappa shape index (κ2) is 8.70. The number of phenols is 1. The molecule has 0 saturated carbocycles. The molecule has 7 heteroatoms. The Kier molecular flexibility index (Phi) is 5.81. The van der Waals surface area contributed by atoms with Crippen LogP contribution < -0.4 is 4.90 Å². The molecule has 2 unspecified atom stereocenters. The molecule has 32 heavy (non-hydrogen) atoms. The Morgan fingerprint density at radius 1 is 0.906 bits per heavy atom. The van der Waals surface area contributed by atoms with Crippen molar-refractivity contribution < 1.29 is 29.0 Å². The summed E-state index contributed by atoms with van der Waals surface area (Å²) in [6.45, 7) is 3.52. The van der Waals surface area contributed by atoms with Gasteiger partial charge >= 0.3 is 11.9 Å². The highest BCUT2D eigenvalue weighted by atomic mass is 16.5. The van der Waals surface area contributed by atoms with Crippen LogP contribution in [0.1, 0.15) is 29.8 Å². The Morgan fingerprint density at radius 3 is 2.22 bits per heavy atom. The first kappa shape index (κ1) is 21.4. The van der Waals surface area contributed by atoms with Gasteiger partial charge in [-0.25, -0.2) is 9.59 Å². The van der Waals surface area contributed by atoms with Crippen LogP contribution >= 0.6 is 0 Å². The first-order valence-electron chi connectivity index (χ1n) is 10.5. The topological polar surface area (TPSA) is 93.1 Å². The number of para-hydroxylation sites is 2. The van der Waals surface area contributed by atoms with Crippen molar-refractivity contribution in [2.75, 3.05) is 18.1 Å². The normalized spacial score (nSPS) is 18.8. The van der Waals surface area contributed by atoms with Gasteiger partial charge in [0.15, 0.2) is 5.78 Å². The van der Waals surface area contributed by atoms with E-state index in [4.69, 9.17) is 9.47 Å². The van der Waals surface area contributed by atoms with Gasteiger partial charge in [0.05, 0.1) is 36.0 Å². The van der Waals surface area contributed by atoms with E-state index < -0.39 is 29.8 Å². The summed E-state index contributed by atoms with van der Waals surface area (Å²) >= 11 is 0. The van der Waals surface area contributed by atoms with Crippen LogP contribution in [0.4, 0.5) is 5.69 Å². The number of ketones is 1. The third-order valence-electron chi connectivity index (χ3n) is 5.52. The molecule has 4 rings (SSSR count). The third-order valence-corrected chi connectivity index (χ3v) is 5.52. The summed E-state index contributed by atoms with van der Waals surface area (Å²) in [5.74, 6) is -2.16. The van der Waals surface area contributed by atoms with Crippen molar-refractivity contribution in [2.45, 2.75) is 25.9 Å². The van der Waals surface area contributed by atoms with Crippen LogP contribution in [-0.4, -0.2) is 48.1 Å². The molecule has 2 aliphatic heterocycles. The van der Waals surface area contributed by atoms with Crippen molar-refractivity contribution in [3.8, 4) is 5.75 Å². The first-order chi connectivity index (χ1) is 15.5. The summed E-state index contributed by atoms with van der Waals surface area (Å²) < 4.78 is 10.5. The molecule has 2 aromatic carbocycles. The number of aromatic hydroxyl groups is 1. The van der Waals surface area contributed by atoms with Crippen LogP contribution in [0.5, 0.6) is 5.75 Å². The van der Waals surface area contributed by atoms with E-state index in [0.29, 0.717) is 5.69 Å². The van der Waals surface area contributed by atoms with Gasteiger partial charge < -0.3 is 19.5 Å². The number of ether oxygens (including phenoxy) is 2. The number of nitrogens with zero attached hydrogens (tertiary/aromatic N) is 1. The zero-order valence-electron chi connectivity index (χ0n) is 17.8. The molecule has 2 heterocycles. The highest BCUT2D eigenvalue weighted by Gasteiger charge is 2.51. The van der Waals surface area contributed by atoms with Gasteiger partial charge in [0.1, 0.15) is 11.8 Å². The van der Waals surface area contributed by atoms with E-state index in [1.165, 1.54) is 12.1 Å². The number of Topliss-reactive ketones (excluding diaryl/α,β-unsaturated/α-hetero) is 1. The Hall–Kier alpha value is -3.87. The van der Waals surface area contributed by atoms with Crippen LogP contribution in [0.2, 0.25) is 0 Å². The van der Waals surface area contributed by atoms with Crippen molar-refractivity contribution in [2.24, 2.45) is 0 Å². The SMILES string of the molecule is CCOC(=O)C1=C(C(=O)OCC)C(C(=O)c2ccccc2O)N2c3ccccc3C=CC12. The quantitative estimate of drug-likeness (QED) is 0.552. The molecule has 0 saturated heterocycles. The van der Waals surface area contributed by atoms with Gasteiger partial charge in [0, 0.05) is 5.69 Å². The van der Waals surface area contributed by atoms with Gasteiger partial charge in [-0.3, -0.25) is 4.79 Å². The number of carbonyl (C=O) groups excluding carboxylic acids is 3. The molecular formula is C25H23NO6. The smallest absolute Gasteiger partial charge is 0.337 e. The minimum atomic E-state index is -1.17. The summed E-state index contributed by atoms with van der Waals surface area (Å²) in [4.78, 5) is 41.6. The largest absolute Gasteiger partial charge is 0.507 e. The van der Waals surface area contributed by atoms with Gasteiger partial charge in [0.25, 0.3) is 0 Å². The van der Waals surface area contributed by atoms with Gasteiger partial charge in [-0.2, -0.15) is 0 Å². The molecule has 0 aromatic heterocycles. The zero-order chi connectivity index (χ0) is 22.8. The van der Waals surface area contributed by atoms with Crippen LogP contribution in [0, 0.1) is 0 Å². The Labute approximate surface area is 185 Å². The molecule has 2 aliphatic rings. The van der Waals surface area contributed by atoms with E-state index in [0.717, 1.165) is 5.56 Å². The number of rotatable bonds is 6. The van der Waals surface area contributed by atoms with Crippen LogP contribution in [0.25, 0.3) is 6.08 Å². The predicted molar refractivity (Wildman–Crippen MR) is 118 cm³/mol. The molecule has 0 radical (unpaired) electrons. The number of hydrogen-bond acceptors (Lipinski definition) is 7. The van der Waals surface area contributed by atoms with E-state index in [2.05, 4.69) is 0 Å². The molecule has 1 N–H and O–H groups in total. The number of benzene rings is 2. The number of fused-ring (bicyclic) bond motifs is 3. The maximum absolute atomic E-state index is 13.8. The fraction of sp³-hybridized carbons (Fsp3) is 0.240. The summed E-state index contributed by atoms with van der Waals surface area (Å²) in [5, 5.41) is 10.3. The average molecular weight is 433 g/mol. The molecule has 2 aromatic rings. The van der Waals surface area contributed by atoms with Gasteiger partial charge in [-0.05, 0) is 37.6 Å². The fourth-order valence-electron chi connectivity index (χ4n) is 4.24. The number of hydrogen-bond donors (Lipinski definition) is 1. The van der Waals surface area contributed by atoms with Gasteiger partial charge in [0.2, 0.25) is 0 Å². The number of carbonyl (C=O) groups is 3. The molecule has 0 spiro atoms. The summed E-state index contributed by atoms with van der Waals surface area (Å²) in [7, 11) is 0. The average Bonchev–Trinajstić information content (AvgIpc) is 3.15. The fourth-order valence-corrected chi connectivity index (χ4v) is 4.24. The first-order valence-corrected chi connectivity index (χ1v) is 10.5. The van der Waals surface area contributed by atoms with Crippen LogP contribution in [-0.2, 0) is 19.1 Å². The lowest BCUT2D eigenvalue weighted by atomic mass is 9.95. The lowest BCUT2D eigenvalue weighted by Crippen LogP contribution is -2.45. The number of esters is 2. The maximum Gasteiger partial charge on any atom is 0.337 e. The van der Waals surface area contributed by atoms with E-state index >= 15 is 0 Å². The highest BCUT2D eigenvalue weighted by Crippen LogP contribution is 2.43.